The highest BCUT2D eigenvalue weighted by Gasteiger charge is 2.37. The minimum atomic E-state index is -0.641. The summed E-state index contributed by atoms with van der Waals surface area (Å²) in [6.45, 7) is 3.63. The van der Waals surface area contributed by atoms with Crippen molar-refractivity contribution in [3.63, 3.8) is 0 Å². The zero-order valence-electron chi connectivity index (χ0n) is 10.3. The maximum absolute atomic E-state index is 9.78. The van der Waals surface area contributed by atoms with Crippen LogP contribution in [0, 0.1) is 0 Å². The van der Waals surface area contributed by atoms with E-state index in [4.69, 9.17) is 0 Å². The monoisotopic (exact) mass is 238 g/mol. The normalized spacial score (nSPS) is 36.5. The predicted molar refractivity (Wildman–Crippen MR) is 67.7 cm³/mol. The SMILES string of the molecule is CC1NC(CCNCC2=CCC=C2)C(O)C1O. The van der Waals surface area contributed by atoms with E-state index in [1.165, 1.54) is 5.57 Å². The number of hydrogen-bond donors (Lipinski definition) is 4. The number of hydrogen-bond acceptors (Lipinski definition) is 4. The van der Waals surface area contributed by atoms with Crippen molar-refractivity contribution in [3.05, 3.63) is 23.8 Å². The molecule has 1 aliphatic carbocycles. The zero-order valence-corrected chi connectivity index (χ0v) is 10.3. The molecule has 4 atom stereocenters. The molecule has 1 fully saturated rings. The van der Waals surface area contributed by atoms with E-state index >= 15 is 0 Å². The summed E-state index contributed by atoms with van der Waals surface area (Å²) in [5.41, 5.74) is 1.33. The van der Waals surface area contributed by atoms with Crippen LogP contribution in [0.4, 0.5) is 0 Å². The van der Waals surface area contributed by atoms with Gasteiger partial charge in [0.25, 0.3) is 0 Å². The number of rotatable bonds is 5. The van der Waals surface area contributed by atoms with Crippen LogP contribution in [-0.4, -0.2) is 47.6 Å². The van der Waals surface area contributed by atoms with Gasteiger partial charge in [0.05, 0.1) is 12.2 Å². The molecule has 2 rings (SSSR count). The van der Waals surface area contributed by atoms with E-state index in [1.54, 1.807) is 0 Å². The fraction of sp³-hybridized carbons (Fsp3) is 0.692. The Morgan fingerprint density at radius 3 is 2.82 bits per heavy atom. The van der Waals surface area contributed by atoms with Crippen LogP contribution in [0.5, 0.6) is 0 Å². The fourth-order valence-electron chi connectivity index (χ4n) is 2.45. The van der Waals surface area contributed by atoms with Crippen molar-refractivity contribution >= 4 is 0 Å². The van der Waals surface area contributed by atoms with Crippen LogP contribution in [0.2, 0.25) is 0 Å². The van der Waals surface area contributed by atoms with Crippen molar-refractivity contribution in [2.75, 3.05) is 13.1 Å². The van der Waals surface area contributed by atoms with E-state index in [2.05, 4.69) is 28.9 Å². The Morgan fingerprint density at radius 2 is 2.24 bits per heavy atom. The summed E-state index contributed by atoms with van der Waals surface area (Å²) in [5, 5.41) is 26.0. The summed E-state index contributed by atoms with van der Waals surface area (Å²) < 4.78 is 0. The van der Waals surface area contributed by atoms with Gasteiger partial charge in [-0.1, -0.05) is 18.2 Å². The maximum Gasteiger partial charge on any atom is 0.0967 e. The molecule has 17 heavy (non-hydrogen) atoms. The maximum atomic E-state index is 9.78. The molecule has 4 unspecified atom stereocenters. The van der Waals surface area contributed by atoms with Crippen LogP contribution in [0.3, 0.4) is 0 Å². The van der Waals surface area contributed by atoms with E-state index < -0.39 is 12.2 Å². The zero-order chi connectivity index (χ0) is 12.3. The molecule has 1 saturated heterocycles. The van der Waals surface area contributed by atoms with E-state index in [9.17, 15) is 10.2 Å². The van der Waals surface area contributed by atoms with Crippen molar-refractivity contribution < 1.29 is 10.2 Å². The highest BCUT2D eigenvalue weighted by Crippen LogP contribution is 2.16. The molecule has 1 aliphatic heterocycles. The molecule has 0 amide bonds. The van der Waals surface area contributed by atoms with Crippen LogP contribution >= 0.6 is 0 Å². The van der Waals surface area contributed by atoms with Gasteiger partial charge < -0.3 is 20.8 Å². The Hall–Kier alpha value is -0.680. The quantitative estimate of drug-likeness (QED) is 0.507. The fourth-order valence-corrected chi connectivity index (χ4v) is 2.45. The molecule has 4 heteroatoms. The molecule has 0 radical (unpaired) electrons. The second kappa shape index (κ2) is 5.78. The van der Waals surface area contributed by atoms with Crippen molar-refractivity contribution in [1.82, 2.24) is 10.6 Å². The molecular formula is C13H22N2O2. The standard InChI is InChI=1S/C13H22N2O2/c1-9-12(16)13(17)11(15-9)6-7-14-8-10-4-2-3-5-10/h2,4-5,9,11-17H,3,6-8H2,1H3. The molecule has 0 aromatic carbocycles. The average molecular weight is 238 g/mol. The first-order chi connectivity index (χ1) is 8.18. The summed E-state index contributed by atoms with van der Waals surface area (Å²) in [5.74, 6) is 0. The summed E-state index contributed by atoms with van der Waals surface area (Å²) >= 11 is 0. The van der Waals surface area contributed by atoms with E-state index in [1.807, 2.05) is 6.92 Å². The predicted octanol–water partition coefficient (Wildman–Crippen LogP) is -0.0655. The van der Waals surface area contributed by atoms with Gasteiger partial charge in [-0.15, -0.1) is 0 Å². The molecule has 0 spiro atoms. The number of allylic oxidation sites excluding steroid dienone is 2. The van der Waals surface area contributed by atoms with Crippen LogP contribution < -0.4 is 10.6 Å². The first-order valence-corrected chi connectivity index (χ1v) is 6.37. The highest BCUT2D eigenvalue weighted by molar-refractivity contribution is 5.27. The summed E-state index contributed by atoms with van der Waals surface area (Å²) in [7, 11) is 0. The van der Waals surface area contributed by atoms with Crippen molar-refractivity contribution in [3.8, 4) is 0 Å². The van der Waals surface area contributed by atoms with Crippen LogP contribution in [0.15, 0.2) is 23.8 Å². The Kier molecular flexibility index (Phi) is 4.34. The summed E-state index contributed by atoms with van der Waals surface area (Å²) in [4.78, 5) is 0. The molecule has 96 valence electrons. The van der Waals surface area contributed by atoms with Crippen LogP contribution in [0.25, 0.3) is 0 Å². The first-order valence-electron chi connectivity index (χ1n) is 6.37. The van der Waals surface area contributed by atoms with Gasteiger partial charge in [-0.2, -0.15) is 0 Å². The third-order valence-electron chi connectivity index (χ3n) is 3.56. The van der Waals surface area contributed by atoms with Gasteiger partial charge in [0.2, 0.25) is 0 Å². The molecule has 4 N–H and O–H groups in total. The topological polar surface area (TPSA) is 64.5 Å². The second-order valence-corrected chi connectivity index (χ2v) is 4.93. The molecule has 2 aliphatic rings. The molecule has 0 aromatic heterocycles. The Labute approximate surface area is 102 Å². The molecule has 4 nitrogen and oxygen atoms in total. The lowest BCUT2D eigenvalue weighted by atomic mass is 10.1. The molecule has 0 saturated carbocycles. The summed E-state index contributed by atoms with van der Waals surface area (Å²) in [6, 6.07) is -0.0175. The van der Waals surface area contributed by atoms with Gasteiger partial charge in [0.1, 0.15) is 0 Å². The van der Waals surface area contributed by atoms with Crippen molar-refractivity contribution in [2.45, 2.75) is 44.1 Å². The van der Waals surface area contributed by atoms with Crippen molar-refractivity contribution in [2.24, 2.45) is 0 Å². The third kappa shape index (κ3) is 3.16. The number of aliphatic hydroxyl groups excluding tert-OH is 2. The molecule has 0 bridgehead atoms. The van der Waals surface area contributed by atoms with Gasteiger partial charge in [-0.3, -0.25) is 0 Å². The largest absolute Gasteiger partial charge is 0.389 e. The minimum absolute atomic E-state index is 0.000555. The van der Waals surface area contributed by atoms with Gasteiger partial charge in [0, 0.05) is 18.6 Å². The van der Waals surface area contributed by atoms with E-state index in [0.717, 1.165) is 25.9 Å². The lowest BCUT2D eigenvalue weighted by Crippen LogP contribution is -2.36. The van der Waals surface area contributed by atoms with Gasteiger partial charge in [0.15, 0.2) is 0 Å². The highest BCUT2D eigenvalue weighted by atomic mass is 16.3. The van der Waals surface area contributed by atoms with E-state index in [-0.39, 0.29) is 12.1 Å². The Morgan fingerprint density at radius 1 is 1.41 bits per heavy atom. The molecule has 1 heterocycles. The lowest BCUT2D eigenvalue weighted by Gasteiger charge is -2.16. The molecule has 0 aromatic rings. The number of aliphatic hydroxyl groups is 2. The van der Waals surface area contributed by atoms with Crippen LogP contribution in [0.1, 0.15) is 19.8 Å². The smallest absolute Gasteiger partial charge is 0.0967 e. The van der Waals surface area contributed by atoms with E-state index in [0.29, 0.717) is 0 Å². The average Bonchev–Trinajstić information content (AvgIpc) is 2.90. The Bertz CT molecular complexity index is 315. The Balaban J connectivity index is 1.64. The van der Waals surface area contributed by atoms with Crippen LogP contribution in [-0.2, 0) is 0 Å². The second-order valence-electron chi connectivity index (χ2n) is 4.93. The minimum Gasteiger partial charge on any atom is -0.389 e. The number of nitrogens with one attached hydrogen (secondary N) is 2. The lowest BCUT2D eigenvalue weighted by molar-refractivity contribution is 0.0293. The summed E-state index contributed by atoms with van der Waals surface area (Å²) in [6.07, 6.45) is 7.10. The third-order valence-corrected chi connectivity index (χ3v) is 3.56. The molecular weight excluding hydrogens is 216 g/mol. The first kappa shape index (κ1) is 12.8. The van der Waals surface area contributed by atoms with Crippen molar-refractivity contribution in [1.29, 1.82) is 0 Å². The van der Waals surface area contributed by atoms with Gasteiger partial charge in [-0.05, 0) is 31.9 Å². The van der Waals surface area contributed by atoms with Gasteiger partial charge in [-0.25, -0.2) is 0 Å². The van der Waals surface area contributed by atoms with Gasteiger partial charge >= 0.3 is 0 Å².